The lowest BCUT2D eigenvalue weighted by molar-refractivity contribution is 0.298. The number of hydrogen-bond donors (Lipinski definition) is 2. The molecule has 1 heterocycles. The van der Waals surface area contributed by atoms with Crippen LogP contribution in [0.1, 0.15) is 25.7 Å². The lowest BCUT2D eigenvalue weighted by Crippen LogP contribution is -2.42. The third-order valence-electron chi connectivity index (χ3n) is 2.30. The van der Waals surface area contributed by atoms with Gasteiger partial charge in [0.2, 0.25) is 0 Å². The molecule has 2 N–H and O–H groups in total. The van der Waals surface area contributed by atoms with Gasteiger partial charge in [-0.1, -0.05) is 12.8 Å². The van der Waals surface area contributed by atoms with Crippen molar-refractivity contribution in [2.75, 3.05) is 26.2 Å². The molecule has 0 aromatic heterocycles. The summed E-state index contributed by atoms with van der Waals surface area (Å²) in [6.45, 7) is 1.13. The number of nitrogens with zero attached hydrogens (tertiary/aromatic N) is 1. The Morgan fingerprint density at radius 1 is 1.14 bits per heavy atom. The molecule has 6 heteroatoms. The van der Waals surface area contributed by atoms with Gasteiger partial charge in [-0.25, -0.2) is 0 Å². The Kier molecular flexibility index (Phi) is 4.80. The maximum absolute atomic E-state index is 11.6. The minimum absolute atomic E-state index is 0.0961. The maximum atomic E-state index is 11.6. The van der Waals surface area contributed by atoms with Gasteiger partial charge < -0.3 is 5.11 Å². The van der Waals surface area contributed by atoms with E-state index in [1.807, 2.05) is 0 Å². The van der Waals surface area contributed by atoms with Gasteiger partial charge in [0.15, 0.2) is 0 Å². The highest BCUT2D eigenvalue weighted by Crippen LogP contribution is 2.11. The average molecular weight is 222 g/mol. The van der Waals surface area contributed by atoms with E-state index in [0.29, 0.717) is 13.1 Å². The van der Waals surface area contributed by atoms with Crippen molar-refractivity contribution in [2.45, 2.75) is 25.7 Å². The first-order valence-electron chi connectivity index (χ1n) is 5.02. The normalized spacial score (nSPS) is 20.6. The van der Waals surface area contributed by atoms with Crippen molar-refractivity contribution in [3.63, 3.8) is 0 Å². The van der Waals surface area contributed by atoms with Crippen molar-refractivity contribution >= 4 is 10.2 Å². The quantitative estimate of drug-likeness (QED) is 0.685. The van der Waals surface area contributed by atoms with Gasteiger partial charge in [-0.15, -0.1) is 0 Å². The molecule has 0 aliphatic carbocycles. The number of aliphatic hydroxyl groups is 1. The van der Waals surface area contributed by atoms with Crippen LogP contribution in [-0.2, 0) is 10.2 Å². The molecule has 1 rings (SSSR count). The fourth-order valence-electron chi connectivity index (χ4n) is 1.55. The first-order valence-corrected chi connectivity index (χ1v) is 6.46. The average Bonchev–Trinajstić information content (AvgIpc) is 2.43. The Morgan fingerprint density at radius 2 is 1.71 bits per heavy atom. The Hall–Kier alpha value is -0.170. The van der Waals surface area contributed by atoms with E-state index in [1.165, 1.54) is 4.31 Å². The second-order valence-electron chi connectivity index (χ2n) is 3.44. The molecule has 14 heavy (non-hydrogen) atoms. The highest BCUT2D eigenvalue weighted by Gasteiger charge is 2.21. The van der Waals surface area contributed by atoms with Gasteiger partial charge in [-0.05, 0) is 12.8 Å². The van der Waals surface area contributed by atoms with Crippen LogP contribution in [0.5, 0.6) is 0 Å². The lowest BCUT2D eigenvalue weighted by atomic mass is 10.2. The molecule has 0 unspecified atom stereocenters. The molecule has 1 aliphatic heterocycles. The summed E-state index contributed by atoms with van der Waals surface area (Å²) in [5.74, 6) is 0. The molecule has 0 amide bonds. The maximum Gasteiger partial charge on any atom is 0.279 e. The van der Waals surface area contributed by atoms with Crippen molar-refractivity contribution in [1.82, 2.24) is 9.03 Å². The van der Waals surface area contributed by atoms with Crippen LogP contribution in [-0.4, -0.2) is 44.1 Å². The molecule has 0 saturated carbocycles. The first kappa shape index (κ1) is 11.9. The van der Waals surface area contributed by atoms with Crippen LogP contribution >= 0.6 is 0 Å². The van der Waals surface area contributed by atoms with Crippen molar-refractivity contribution in [3.8, 4) is 0 Å². The zero-order chi connectivity index (χ0) is 10.4. The van der Waals surface area contributed by atoms with Gasteiger partial charge in [0.25, 0.3) is 10.2 Å². The van der Waals surface area contributed by atoms with Crippen LogP contribution in [0.25, 0.3) is 0 Å². The number of hydrogen-bond acceptors (Lipinski definition) is 3. The molecule has 84 valence electrons. The van der Waals surface area contributed by atoms with Crippen LogP contribution in [0, 0.1) is 0 Å². The van der Waals surface area contributed by atoms with Gasteiger partial charge in [-0.2, -0.15) is 17.4 Å². The smallest absolute Gasteiger partial charge is 0.279 e. The number of aliphatic hydroxyl groups excluding tert-OH is 1. The van der Waals surface area contributed by atoms with Crippen LogP contribution in [0.3, 0.4) is 0 Å². The van der Waals surface area contributed by atoms with E-state index in [-0.39, 0.29) is 13.2 Å². The van der Waals surface area contributed by atoms with Crippen molar-refractivity contribution in [2.24, 2.45) is 0 Å². The summed E-state index contributed by atoms with van der Waals surface area (Å²) in [7, 11) is -3.35. The van der Waals surface area contributed by atoms with Gasteiger partial charge in [0.05, 0.1) is 6.61 Å². The highest BCUT2D eigenvalue weighted by molar-refractivity contribution is 7.87. The molecular formula is C8H18N2O3S. The van der Waals surface area contributed by atoms with Crippen LogP contribution in [0.15, 0.2) is 0 Å². The number of rotatable bonds is 4. The molecule has 5 nitrogen and oxygen atoms in total. The Labute approximate surface area is 85.3 Å². The fraction of sp³-hybridized carbons (Fsp3) is 1.00. The van der Waals surface area contributed by atoms with Gasteiger partial charge in [0, 0.05) is 19.6 Å². The molecule has 0 aromatic rings. The molecule has 0 bridgehead atoms. The molecule has 0 radical (unpaired) electrons. The molecule has 0 spiro atoms. The summed E-state index contributed by atoms with van der Waals surface area (Å²) in [5.41, 5.74) is 0. The molecule has 1 saturated heterocycles. The molecule has 0 atom stereocenters. The zero-order valence-corrected chi connectivity index (χ0v) is 9.09. The van der Waals surface area contributed by atoms with Gasteiger partial charge in [0.1, 0.15) is 0 Å². The second kappa shape index (κ2) is 5.65. The van der Waals surface area contributed by atoms with Gasteiger partial charge in [-0.3, -0.25) is 0 Å². The van der Waals surface area contributed by atoms with E-state index < -0.39 is 10.2 Å². The van der Waals surface area contributed by atoms with Crippen LogP contribution in [0.4, 0.5) is 0 Å². The SMILES string of the molecule is O=S(=O)(NCCO)N1CCCCCC1. The summed E-state index contributed by atoms with van der Waals surface area (Å²) in [6, 6.07) is 0. The van der Waals surface area contributed by atoms with Crippen molar-refractivity contribution in [1.29, 1.82) is 0 Å². The standard InChI is InChI=1S/C8H18N2O3S/c11-8-5-9-14(12,13)10-6-3-1-2-4-7-10/h9,11H,1-8H2. The van der Waals surface area contributed by atoms with E-state index in [2.05, 4.69) is 4.72 Å². The summed E-state index contributed by atoms with van der Waals surface area (Å²) in [6.07, 6.45) is 4.07. The predicted molar refractivity (Wildman–Crippen MR) is 54.0 cm³/mol. The molecular weight excluding hydrogens is 204 g/mol. The monoisotopic (exact) mass is 222 g/mol. The van der Waals surface area contributed by atoms with E-state index in [0.717, 1.165) is 25.7 Å². The first-order chi connectivity index (χ1) is 6.67. The fourth-order valence-corrected chi connectivity index (χ4v) is 2.82. The summed E-state index contributed by atoms with van der Waals surface area (Å²) >= 11 is 0. The summed E-state index contributed by atoms with van der Waals surface area (Å²) in [5, 5.41) is 8.54. The zero-order valence-electron chi connectivity index (χ0n) is 8.28. The number of nitrogens with one attached hydrogen (secondary N) is 1. The topological polar surface area (TPSA) is 69.6 Å². The summed E-state index contributed by atoms with van der Waals surface area (Å²) < 4.78 is 27.0. The largest absolute Gasteiger partial charge is 0.395 e. The van der Waals surface area contributed by atoms with E-state index in [9.17, 15) is 8.42 Å². The van der Waals surface area contributed by atoms with Crippen LogP contribution < -0.4 is 4.72 Å². The highest BCUT2D eigenvalue weighted by atomic mass is 32.2. The molecule has 0 aromatic carbocycles. The molecule has 1 aliphatic rings. The van der Waals surface area contributed by atoms with Crippen LogP contribution in [0.2, 0.25) is 0 Å². The Bertz CT molecular complexity index is 245. The van der Waals surface area contributed by atoms with E-state index in [1.54, 1.807) is 0 Å². The predicted octanol–water partition coefficient (Wildman–Crippen LogP) is -0.311. The van der Waals surface area contributed by atoms with Crippen molar-refractivity contribution in [3.05, 3.63) is 0 Å². The third kappa shape index (κ3) is 3.53. The van der Waals surface area contributed by atoms with Crippen molar-refractivity contribution < 1.29 is 13.5 Å². The third-order valence-corrected chi connectivity index (χ3v) is 3.92. The Morgan fingerprint density at radius 3 is 2.21 bits per heavy atom. The Balaban J connectivity index is 2.51. The minimum Gasteiger partial charge on any atom is -0.395 e. The summed E-state index contributed by atoms with van der Waals surface area (Å²) in [4.78, 5) is 0. The van der Waals surface area contributed by atoms with Gasteiger partial charge >= 0.3 is 0 Å². The minimum atomic E-state index is -3.35. The second-order valence-corrected chi connectivity index (χ2v) is 5.19. The van der Waals surface area contributed by atoms with E-state index in [4.69, 9.17) is 5.11 Å². The lowest BCUT2D eigenvalue weighted by Gasteiger charge is -2.19. The van der Waals surface area contributed by atoms with E-state index >= 15 is 0 Å². The molecule has 1 fully saturated rings.